The van der Waals surface area contributed by atoms with E-state index in [1.165, 1.54) is 19.3 Å². The van der Waals surface area contributed by atoms with Gasteiger partial charge in [-0.15, -0.1) is 0 Å². The van der Waals surface area contributed by atoms with Crippen molar-refractivity contribution in [3.8, 4) is 0 Å². The van der Waals surface area contributed by atoms with E-state index < -0.39 is 23.4 Å². The monoisotopic (exact) mass is 424 g/mol. The lowest BCUT2D eigenvalue weighted by Gasteiger charge is -2.61. The number of aliphatic hydroxyl groups excluding tert-OH is 2. The Morgan fingerprint density at radius 3 is 2.79 bits per heavy atom. The Bertz CT molecular complexity index is 720. The Labute approximate surface area is 177 Å². The molecule has 3 unspecified atom stereocenters. The minimum absolute atomic E-state index is 0.00498. The molecule has 0 aromatic rings. The van der Waals surface area contributed by atoms with Gasteiger partial charge in [-0.1, -0.05) is 37.4 Å². The summed E-state index contributed by atoms with van der Waals surface area (Å²) in [7, 11) is 0. The number of allylic oxidation sites excluding steroid dienone is 1. The fourth-order valence-electron chi connectivity index (χ4n) is 7.96. The number of rotatable bonds is 4. The number of carbonyl (C=O) groups is 2. The molecular weight excluding hydrogens is 392 g/mol. The highest BCUT2D eigenvalue weighted by atomic mass is 35.5. The maximum absolute atomic E-state index is 12.9. The summed E-state index contributed by atoms with van der Waals surface area (Å²) in [5, 5.41) is 21.2. The largest absolute Gasteiger partial charge is 0.449 e. The van der Waals surface area contributed by atoms with Gasteiger partial charge in [0.15, 0.2) is 11.8 Å². The van der Waals surface area contributed by atoms with Crippen LogP contribution in [0.4, 0.5) is 0 Å². The van der Waals surface area contributed by atoms with Crippen molar-refractivity contribution in [2.75, 3.05) is 12.7 Å². The van der Waals surface area contributed by atoms with Crippen molar-refractivity contribution >= 4 is 23.4 Å². The lowest BCUT2D eigenvalue weighted by atomic mass is 9.43. The fourth-order valence-corrected chi connectivity index (χ4v) is 8.07. The summed E-state index contributed by atoms with van der Waals surface area (Å²) in [5.74, 6) is -1.25. The SMILES string of the molecule is C[C@@]12CCC[C@H]1[C@@H]1CCC3=CC(=O)C(C(=O)OCCl)C(CCO)[C@]3(C)[C@@H]1C(O)C2. The van der Waals surface area contributed by atoms with Crippen LogP contribution in [0.3, 0.4) is 0 Å². The van der Waals surface area contributed by atoms with Crippen molar-refractivity contribution < 1.29 is 24.5 Å². The van der Waals surface area contributed by atoms with Gasteiger partial charge in [-0.05, 0) is 79.1 Å². The number of fused-ring (bicyclic) bond motifs is 5. The fraction of sp³-hybridized carbons (Fsp3) is 0.826. The zero-order valence-corrected chi connectivity index (χ0v) is 18.2. The first-order chi connectivity index (χ1) is 13.8. The van der Waals surface area contributed by atoms with Crippen molar-refractivity contribution in [1.29, 1.82) is 0 Å². The van der Waals surface area contributed by atoms with Crippen molar-refractivity contribution in [2.24, 2.45) is 40.4 Å². The van der Waals surface area contributed by atoms with Gasteiger partial charge < -0.3 is 14.9 Å². The minimum atomic E-state index is -0.961. The van der Waals surface area contributed by atoms with Crippen LogP contribution in [0, 0.1) is 40.4 Å². The number of ketones is 1. The van der Waals surface area contributed by atoms with E-state index in [2.05, 4.69) is 13.8 Å². The first kappa shape index (κ1) is 21.3. The highest BCUT2D eigenvalue weighted by molar-refractivity contribution is 6.18. The van der Waals surface area contributed by atoms with E-state index in [9.17, 15) is 19.8 Å². The standard InChI is InChI=1S/C23H33ClO5/c1-22-8-3-4-15(22)14-6-5-13-10-17(26)19(21(28)29-12-24)16(7-9-25)23(13,2)20(14)18(27)11-22/h10,14-16,18-20,25,27H,3-9,11-12H2,1-2H3/t14-,15-,16?,18?,19?,20-,22-,23+/m0/s1. The molecule has 0 radical (unpaired) electrons. The van der Waals surface area contributed by atoms with Crippen LogP contribution in [0.15, 0.2) is 11.6 Å². The number of ether oxygens (including phenoxy) is 1. The summed E-state index contributed by atoms with van der Waals surface area (Å²) < 4.78 is 5.03. The molecule has 0 aliphatic heterocycles. The number of hydrogen-bond donors (Lipinski definition) is 2. The van der Waals surface area contributed by atoms with E-state index in [-0.39, 0.29) is 35.7 Å². The summed E-state index contributed by atoms with van der Waals surface area (Å²) in [5.41, 5.74) is 0.725. The Morgan fingerprint density at radius 1 is 1.34 bits per heavy atom. The summed E-state index contributed by atoms with van der Waals surface area (Å²) in [6, 6.07) is -0.295. The predicted octanol–water partition coefficient (Wildman–Crippen LogP) is 3.45. The van der Waals surface area contributed by atoms with Gasteiger partial charge in [0.2, 0.25) is 0 Å². The maximum Gasteiger partial charge on any atom is 0.318 e. The molecule has 0 heterocycles. The van der Waals surface area contributed by atoms with Crippen LogP contribution in [0.1, 0.15) is 58.8 Å². The van der Waals surface area contributed by atoms with Crippen LogP contribution in [0.25, 0.3) is 0 Å². The van der Waals surface area contributed by atoms with Gasteiger partial charge in [0.25, 0.3) is 0 Å². The second kappa shape index (κ2) is 7.65. The van der Waals surface area contributed by atoms with Gasteiger partial charge in [0, 0.05) is 6.61 Å². The Morgan fingerprint density at radius 2 is 2.10 bits per heavy atom. The quantitative estimate of drug-likeness (QED) is 0.410. The van der Waals surface area contributed by atoms with E-state index in [1.54, 1.807) is 6.08 Å². The lowest BCUT2D eigenvalue weighted by Crippen LogP contribution is -2.60. The highest BCUT2D eigenvalue weighted by Crippen LogP contribution is 2.67. The molecule has 0 spiro atoms. The van der Waals surface area contributed by atoms with Crippen molar-refractivity contribution in [3.05, 3.63) is 11.6 Å². The highest BCUT2D eigenvalue weighted by Gasteiger charge is 2.63. The van der Waals surface area contributed by atoms with Gasteiger partial charge in [-0.2, -0.15) is 0 Å². The molecule has 0 saturated heterocycles. The van der Waals surface area contributed by atoms with E-state index in [0.29, 0.717) is 18.3 Å². The molecule has 29 heavy (non-hydrogen) atoms. The van der Waals surface area contributed by atoms with Crippen LogP contribution in [-0.2, 0) is 14.3 Å². The molecule has 6 heteroatoms. The molecule has 0 aromatic heterocycles. The average Bonchev–Trinajstić information content (AvgIpc) is 3.04. The van der Waals surface area contributed by atoms with Crippen LogP contribution in [0.2, 0.25) is 0 Å². The third-order valence-corrected chi connectivity index (χ3v) is 9.15. The molecule has 0 bridgehead atoms. The molecule has 162 valence electrons. The number of halogens is 1. The zero-order chi connectivity index (χ0) is 21.0. The molecular formula is C23H33ClO5. The van der Waals surface area contributed by atoms with Crippen LogP contribution >= 0.6 is 11.6 Å². The third-order valence-electron chi connectivity index (χ3n) is 9.04. The molecule has 4 aliphatic rings. The summed E-state index contributed by atoms with van der Waals surface area (Å²) >= 11 is 5.61. The number of aliphatic hydroxyl groups is 2. The van der Waals surface area contributed by atoms with Gasteiger partial charge in [0.05, 0.1) is 6.10 Å². The number of carbonyl (C=O) groups excluding carboxylic acids is 2. The zero-order valence-electron chi connectivity index (χ0n) is 17.4. The summed E-state index contributed by atoms with van der Waals surface area (Å²) in [4.78, 5) is 25.6. The Balaban J connectivity index is 1.79. The maximum atomic E-state index is 12.9. The molecule has 2 N–H and O–H groups in total. The van der Waals surface area contributed by atoms with Gasteiger partial charge >= 0.3 is 5.97 Å². The van der Waals surface area contributed by atoms with Crippen molar-refractivity contribution in [3.63, 3.8) is 0 Å². The Kier molecular flexibility index (Phi) is 5.63. The van der Waals surface area contributed by atoms with Gasteiger partial charge in [-0.3, -0.25) is 9.59 Å². The smallest absolute Gasteiger partial charge is 0.318 e. The van der Waals surface area contributed by atoms with Gasteiger partial charge in [-0.25, -0.2) is 0 Å². The number of esters is 1. The van der Waals surface area contributed by atoms with Gasteiger partial charge in [0.1, 0.15) is 5.92 Å². The van der Waals surface area contributed by atoms with Crippen LogP contribution in [0.5, 0.6) is 0 Å². The third kappa shape index (κ3) is 3.11. The van der Waals surface area contributed by atoms with Crippen LogP contribution in [-0.4, -0.2) is 40.7 Å². The number of alkyl halides is 1. The molecule has 4 rings (SSSR count). The normalized spacial score (nSPS) is 46.4. The van der Waals surface area contributed by atoms with E-state index in [4.69, 9.17) is 16.3 Å². The molecule has 8 atom stereocenters. The average molecular weight is 425 g/mol. The topological polar surface area (TPSA) is 83.8 Å². The van der Waals surface area contributed by atoms with E-state index >= 15 is 0 Å². The molecule has 4 aliphatic carbocycles. The molecule has 3 fully saturated rings. The second-order valence-electron chi connectivity index (χ2n) is 10.2. The van der Waals surface area contributed by atoms with Crippen molar-refractivity contribution in [2.45, 2.75) is 64.9 Å². The van der Waals surface area contributed by atoms with E-state index in [1.807, 2.05) is 0 Å². The van der Waals surface area contributed by atoms with Crippen LogP contribution < -0.4 is 0 Å². The first-order valence-electron chi connectivity index (χ1n) is 11.0. The Hall–Kier alpha value is -0.910. The second-order valence-corrected chi connectivity index (χ2v) is 10.4. The predicted molar refractivity (Wildman–Crippen MR) is 109 cm³/mol. The summed E-state index contributed by atoms with van der Waals surface area (Å²) in [6.45, 7) is 4.33. The molecule has 3 saturated carbocycles. The molecule has 0 amide bonds. The van der Waals surface area contributed by atoms with Crippen molar-refractivity contribution in [1.82, 2.24) is 0 Å². The minimum Gasteiger partial charge on any atom is -0.449 e. The first-order valence-corrected chi connectivity index (χ1v) is 11.6. The molecule has 0 aromatic carbocycles. The number of hydrogen-bond acceptors (Lipinski definition) is 5. The lowest BCUT2D eigenvalue weighted by molar-refractivity contribution is -0.166. The molecule has 5 nitrogen and oxygen atoms in total. The van der Waals surface area contributed by atoms with E-state index in [0.717, 1.165) is 24.8 Å². The summed E-state index contributed by atoms with van der Waals surface area (Å²) in [6.07, 6.45) is 7.66.